The summed E-state index contributed by atoms with van der Waals surface area (Å²) in [7, 11) is 0. The van der Waals surface area contributed by atoms with Gasteiger partial charge in [0.25, 0.3) is 0 Å². The van der Waals surface area contributed by atoms with E-state index in [-0.39, 0.29) is 6.61 Å². The van der Waals surface area contributed by atoms with Crippen LogP contribution in [-0.4, -0.2) is 27.1 Å². The lowest BCUT2D eigenvalue weighted by Crippen LogP contribution is -2.49. The molecule has 7 nitrogen and oxygen atoms in total. The first-order chi connectivity index (χ1) is 13.9. The van der Waals surface area contributed by atoms with Crippen LogP contribution in [0.3, 0.4) is 0 Å². The highest BCUT2D eigenvalue weighted by atomic mass is 79.9. The van der Waals surface area contributed by atoms with Crippen LogP contribution in [0.1, 0.15) is 18.1 Å². The minimum atomic E-state index is -1.66. The van der Waals surface area contributed by atoms with E-state index in [0.717, 1.165) is 15.6 Å². The Morgan fingerprint density at radius 1 is 1.07 bits per heavy atom. The first kappa shape index (κ1) is 20.5. The van der Waals surface area contributed by atoms with Crippen molar-refractivity contribution in [3.63, 3.8) is 0 Å². The number of carbonyl (C=O) groups excluding carboxylic acids is 1. The van der Waals surface area contributed by atoms with Gasteiger partial charge in [0.05, 0.1) is 4.47 Å². The van der Waals surface area contributed by atoms with Crippen LogP contribution in [0.15, 0.2) is 71.5 Å². The molecule has 2 N–H and O–H groups in total. The molecule has 29 heavy (non-hydrogen) atoms. The zero-order valence-corrected chi connectivity index (χ0v) is 17.1. The molecule has 0 aliphatic heterocycles. The van der Waals surface area contributed by atoms with Crippen molar-refractivity contribution in [3.8, 4) is 11.4 Å². The number of nitrogens with one attached hydrogen (secondary N) is 1. The molecule has 3 rings (SSSR count). The predicted octanol–water partition coefficient (Wildman–Crippen LogP) is 4.13. The second-order valence-corrected chi connectivity index (χ2v) is 7.33. The lowest BCUT2D eigenvalue weighted by Gasteiger charge is -2.26. The van der Waals surface area contributed by atoms with Gasteiger partial charge in [-0.15, -0.1) is 0 Å². The van der Waals surface area contributed by atoms with E-state index in [1.165, 1.54) is 6.92 Å². The van der Waals surface area contributed by atoms with Crippen molar-refractivity contribution < 1.29 is 19.4 Å². The third kappa shape index (κ3) is 4.97. The molecular formula is C21H18BrN3O4. The van der Waals surface area contributed by atoms with Crippen molar-refractivity contribution >= 4 is 28.0 Å². The van der Waals surface area contributed by atoms with Crippen LogP contribution in [0.5, 0.6) is 0 Å². The maximum atomic E-state index is 12.2. The van der Waals surface area contributed by atoms with Gasteiger partial charge in [-0.2, -0.15) is 0 Å². The summed E-state index contributed by atoms with van der Waals surface area (Å²) in [6.45, 7) is 1.45. The molecule has 0 fully saturated rings. The van der Waals surface area contributed by atoms with Crippen LogP contribution in [0.25, 0.3) is 11.4 Å². The van der Waals surface area contributed by atoms with Gasteiger partial charge < -0.3 is 15.2 Å². The monoisotopic (exact) mass is 455 g/mol. The number of carboxylic acid groups (broad SMARTS) is 1. The van der Waals surface area contributed by atoms with E-state index < -0.39 is 17.6 Å². The van der Waals surface area contributed by atoms with Crippen molar-refractivity contribution in [1.82, 2.24) is 15.3 Å². The van der Waals surface area contributed by atoms with Crippen LogP contribution in [0.4, 0.5) is 4.79 Å². The van der Waals surface area contributed by atoms with E-state index in [4.69, 9.17) is 4.74 Å². The molecule has 3 aromatic rings. The van der Waals surface area contributed by atoms with Crippen LogP contribution in [0.2, 0.25) is 0 Å². The van der Waals surface area contributed by atoms with Crippen molar-refractivity contribution in [2.24, 2.45) is 0 Å². The molecule has 0 radical (unpaired) electrons. The molecule has 0 spiro atoms. The normalized spacial score (nSPS) is 12.6. The average molecular weight is 456 g/mol. The van der Waals surface area contributed by atoms with Crippen LogP contribution < -0.4 is 5.32 Å². The molecule has 0 saturated carbocycles. The van der Waals surface area contributed by atoms with E-state index in [2.05, 4.69) is 31.2 Å². The van der Waals surface area contributed by atoms with E-state index in [1.54, 1.807) is 36.7 Å². The van der Waals surface area contributed by atoms with Gasteiger partial charge in [0, 0.05) is 18.0 Å². The van der Waals surface area contributed by atoms with Gasteiger partial charge in [-0.05, 0) is 34.0 Å². The van der Waals surface area contributed by atoms with Gasteiger partial charge in [0.1, 0.15) is 6.61 Å². The fourth-order valence-corrected chi connectivity index (χ4v) is 2.83. The summed E-state index contributed by atoms with van der Waals surface area (Å²) in [5.41, 5.74) is 0.258. The van der Waals surface area contributed by atoms with Crippen molar-refractivity contribution in [3.05, 3.63) is 82.6 Å². The van der Waals surface area contributed by atoms with Gasteiger partial charge in [-0.3, -0.25) is 0 Å². The van der Waals surface area contributed by atoms with Gasteiger partial charge in [0.2, 0.25) is 0 Å². The number of ether oxygens (including phenoxy) is 1. The number of rotatable bonds is 6. The first-order valence-electron chi connectivity index (χ1n) is 8.69. The molecule has 0 unspecified atom stereocenters. The van der Waals surface area contributed by atoms with Crippen molar-refractivity contribution in [1.29, 1.82) is 0 Å². The molecule has 0 aliphatic carbocycles. The number of halogens is 1. The largest absolute Gasteiger partial charge is 0.479 e. The van der Waals surface area contributed by atoms with Gasteiger partial charge in [-0.1, -0.05) is 54.6 Å². The third-order valence-electron chi connectivity index (χ3n) is 4.33. The number of alkyl carbamates (subject to hydrolysis) is 1. The number of hydrogen-bond acceptors (Lipinski definition) is 5. The second-order valence-electron chi connectivity index (χ2n) is 6.42. The van der Waals surface area contributed by atoms with E-state index >= 15 is 0 Å². The van der Waals surface area contributed by atoms with Crippen molar-refractivity contribution in [2.45, 2.75) is 19.1 Å². The lowest BCUT2D eigenvalue weighted by molar-refractivity contribution is -0.144. The Morgan fingerprint density at radius 3 is 2.28 bits per heavy atom. The van der Waals surface area contributed by atoms with Gasteiger partial charge >= 0.3 is 12.1 Å². The summed E-state index contributed by atoms with van der Waals surface area (Å²) >= 11 is 3.28. The number of nitrogens with zero attached hydrogens (tertiary/aromatic N) is 2. The Balaban J connectivity index is 1.74. The number of carboxylic acids is 1. The minimum absolute atomic E-state index is 0.0439. The standard InChI is InChI=1S/C21H18BrN3O4/c1-21(19(26)27,25-20(28)29-13-14-5-3-2-4-6-14)16-9-7-15(8-10-16)18-23-11-17(22)12-24-18/h2-12H,13H2,1H3,(H,25,28)(H,26,27)/t21-/m0/s1. The smallest absolute Gasteiger partial charge is 0.408 e. The highest BCUT2D eigenvalue weighted by Crippen LogP contribution is 2.25. The minimum Gasteiger partial charge on any atom is -0.479 e. The Hall–Kier alpha value is -3.26. The number of benzene rings is 2. The van der Waals surface area contributed by atoms with Crippen LogP contribution >= 0.6 is 15.9 Å². The highest BCUT2D eigenvalue weighted by molar-refractivity contribution is 9.10. The number of aromatic nitrogens is 2. The number of amides is 1. The molecule has 0 aliphatic rings. The van der Waals surface area contributed by atoms with Gasteiger partial charge in [0.15, 0.2) is 11.4 Å². The summed E-state index contributed by atoms with van der Waals surface area (Å²) in [6, 6.07) is 15.8. The number of carbonyl (C=O) groups is 2. The van der Waals surface area contributed by atoms with Crippen molar-refractivity contribution in [2.75, 3.05) is 0 Å². The van der Waals surface area contributed by atoms with Crippen LogP contribution in [-0.2, 0) is 21.7 Å². The highest BCUT2D eigenvalue weighted by Gasteiger charge is 2.37. The SMILES string of the molecule is C[C@@](NC(=O)OCc1ccccc1)(C(=O)O)c1ccc(-c2ncc(Br)cn2)cc1. The molecule has 2 aromatic carbocycles. The van der Waals surface area contributed by atoms with E-state index in [9.17, 15) is 14.7 Å². The molecule has 1 heterocycles. The zero-order valence-electron chi connectivity index (χ0n) is 15.5. The molecule has 1 atom stereocenters. The summed E-state index contributed by atoms with van der Waals surface area (Å²) < 4.78 is 5.92. The fourth-order valence-electron chi connectivity index (χ4n) is 2.63. The van der Waals surface area contributed by atoms with Gasteiger partial charge in [-0.25, -0.2) is 19.6 Å². The summed E-state index contributed by atoms with van der Waals surface area (Å²) in [5, 5.41) is 12.2. The third-order valence-corrected chi connectivity index (χ3v) is 4.74. The fraction of sp³-hybridized carbons (Fsp3) is 0.143. The molecule has 148 valence electrons. The maximum absolute atomic E-state index is 12.2. The quantitative estimate of drug-likeness (QED) is 0.579. The Morgan fingerprint density at radius 2 is 1.69 bits per heavy atom. The number of hydrogen-bond donors (Lipinski definition) is 2. The first-order valence-corrected chi connectivity index (χ1v) is 9.48. The van der Waals surface area contributed by atoms with Crippen LogP contribution in [0, 0.1) is 0 Å². The molecule has 8 heteroatoms. The molecule has 1 amide bonds. The summed E-state index contributed by atoms with van der Waals surface area (Å²) in [4.78, 5) is 32.6. The van der Waals surface area contributed by atoms with E-state index in [0.29, 0.717) is 11.4 Å². The maximum Gasteiger partial charge on any atom is 0.408 e. The molecular weight excluding hydrogens is 438 g/mol. The summed E-state index contributed by atoms with van der Waals surface area (Å²) in [6.07, 6.45) is 2.43. The zero-order chi connectivity index (χ0) is 20.9. The molecule has 1 aromatic heterocycles. The second kappa shape index (κ2) is 8.83. The number of aliphatic carboxylic acids is 1. The Kier molecular flexibility index (Phi) is 6.23. The predicted molar refractivity (Wildman–Crippen MR) is 110 cm³/mol. The molecule has 0 saturated heterocycles. The average Bonchev–Trinajstić information content (AvgIpc) is 2.73. The lowest BCUT2D eigenvalue weighted by atomic mass is 9.91. The Bertz CT molecular complexity index is 995. The summed E-state index contributed by atoms with van der Waals surface area (Å²) in [5.74, 6) is -0.700. The molecule has 0 bridgehead atoms. The topological polar surface area (TPSA) is 101 Å². The van der Waals surface area contributed by atoms with E-state index in [1.807, 2.05) is 30.3 Å². The Labute approximate surface area is 175 Å².